The van der Waals surface area contributed by atoms with E-state index in [0.29, 0.717) is 11.4 Å². The first-order valence-electron chi connectivity index (χ1n) is 6.92. The molecule has 1 saturated carbocycles. The Morgan fingerprint density at radius 3 is 2.64 bits per heavy atom. The highest BCUT2D eigenvalue weighted by molar-refractivity contribution is 5.95. The fraction of sp³-hybridized carbons (Fsp3) is 0.312. The lowest BCUT2D eigenvalue weighted by molar-refractivity contribution is -0.135. The molecule has 0 unspecified atom stereocenters. The highest BCUT2D eigenvalue weighted by atomic mass is 16.5. The van der Waals surface area contributed by atoms with Crippen LogP contribution in [0.2, 0.25) is 0 Å². The molecule has 0 spiro atoms. The highest BCUT2D eigenvalue weighted by Crippen LogP contribution is 2.31. The van der Waals surface area contributed by atoms with Crippen molar-refractivity contribution < 1.29 is 14.3 Å². The van der Waals surface area contributed by atoms with E-state index in [1.807, 2.05) is 13.0 Å². The Morgan fingerprint density at radius 1 is 1.36 bits per heavy atom. The smallest absolute Gasteiger partial charge is 0.350 e. The predicted octanol–water partition coefficient (Wildman–Crippen LogP) is 2.34. The van der Waals surface area contributed by atoms with Gasteiger partial charge in [0.25, 0.3) is 0 Å². The molecular formula is C16H17N3O3. The van der Waals surface area contributed by atoms with Crippen molar-refractivity contribution in [1.29, 1.82) is 5.26 Å². The summed E-state index contributed by atoms with van der Waals surface area (Å²) >= 11 is 0. The van der Waals surface area contributed by atoms with Crippen LogP contribution in [0.15, 0.2) is 30.0 Å². The molecule has 0 heterocycles. The van der Waals surface area contributed by atoms with Crippen molar-refractivity contribution in [1.82, 2.24) is 0 Å². The molecule has 1 aromatic rings. The molecule has 114 valence electrons. The molecule has 22 heavy (non-hydrogen) atoms. The zero-order chi connectivity index (χ0) is 16.1. The Labute approximate surface area is 128 Å². The average molecular weight is 299 g/mol. The van der Waals surface area contributed by atoms with Crippen molar-refractivity contribution in [3.8, 4) is 6.07 Å². The monoisotopic (exact) mass is 299 g/mol. The normalized spacial score (nSPS) is 14.0. The van der Waals surface area contributed by atoms with Gasteiger partial charge < -0.3 is 15.4 Å². The molecule has 0 radical (unpaired) electrons. The van der Waals surface area contributed by atoms with E-state index < -0.39 is 5.97 Å². The summed E-state index contributed by atoms with van der Waals surface area (Å²) in [5.74, 6) is -0.547. The Bertz CT molecular complexity index is 670. The molecule has 1 aromatic carbocycles. The topological polar surface area (TPSA) is 91.2 Å². The van der Waals surface area contributed by atoms with E-state index in [1.165, 1.54) is 13.3 Å². The Hall–Kier alpha value is -2.81. The van der Waals surface area contributed by atoms with Gasteiger partial charge in [-0.2, -0.15) is 5.26 Å². The molecule has 1 aliphatic rings. The number of amides is 1. The van der Waals surface area contributed by atoms with Crippen molar-refractivity contribution in [3.63, 3.8) is 0 Å². The molecule has 1 fully saturated rings. The molecule has 0 saturated heterocycles. The second-order valence-electron chi connectivity index (χ2n) is 5.05. The van der Waals surface area contributed by atoms with Crippen molar-refractivity contribution in [2.75, 3.05) is 17.7 Å². The second-order valence-corrected chi connectivity index (χ2v) is 5.05. The van der Waals surface area contributed by atoms with Gasteiger partial charge >= 0.3 is 5.97 Å². The van der Waals surface area contributed by atoms with E-state index in [0.717, 1.165) is 18.4 Å². The summed E-state index contributed by atoms with van der Waals surface area (Å²) in [6.07, 6.45) is 3.17. The van der Waals surface area contributed by atoms with E-state index in [1.54, 1.807) is 18.2 Å². The highest BCUT2D eigenvalue weighted by Gasteiger charge is 2.29. The molecule has 0 bridgehead atoms. The van der Waals surface area contributed by atoms with Gasteiger partial charge in [-0.3, -0.25) is 4.79 Å². The number of rotatable bonds is 5. The molecule has 0 aliphatic heterocycles. The number of nitrogens with one attached hydrogen (secondary N) is 2. The fourth-order valence-electron chi connectivity index (χ4n) is 1.90. The van der Waals surface area contributed by atoms with Crippen LogP contribution in [0.1, 0.15) is 18.4 Å². The lowest BCUT2D eigenvalue weighted by Crippen LogP contribution is -2.14. The molecule has 2 N–H and O–H groups in total. The number of nitriles is 1. The minimum Gasteiger partial charge on any atom is -0.465 e. The van der Waals surface area contributed by atoms with Crippen molar-refractivity contribution in [2.45, 2.75) is 19.8 Å². The molecule has 0 atom stereocenters. The molecule has 2 rings (SSSR count). The van der Waals surface area contributed by atoms with Crippen molar-refractivity contribution >= 4 is 23.3 Å². The number of ether oxygens (including phenoxy) is 1. The maximum absolute atomic E-state index is 11.8. The third-order valence-corrected chi connectivity index (χ3v) is 3.44. The maximum Gasteiger partial charge on any atom is 0.350 e. The van der Waals surface area contributed by atoms with Gasteiger partial charge in [0.1, 0.15) is 6.07 Å². The van der Waals surface area contributed by atoms with Gasteiger partial charge in [0.2, 0.25) is 5.91 Å². The SMILES string of the molecule is COC(=O)/C(C#N)=C\Nc1cccc(NC(=O)C2CC2)c1C. The lowest BCUT2D eigenvalue weighted by atomic mass is 10.1. The molecule has 1 aliphatic carbocycles. The summed E-state index contributed by atoms with van der Waals surface area (Å²) in [5, 5.41) is 14.7. The first-order chi connectivity index (χ1) is 10.6. The molecular weight excluding hydrogens is 282 g/mol. The number of hydrogen-bond acceptors (Lipinski definition) is 5. The Morgan fingerprint density at radius 2 is 2.05 bits per heavy atom. The summed E-state index contributed by atoms with van der Waals surface area (Å²) < 4.78 is 4.50. The van der Waals surface area contributed by atoms with Crippen LogP contribution in [-0.4, -0.2) is 19.0 Å². The average Bonchev–Trinajstić information content (AvgIpc) is 3.35. The van der Waals surface area contributed by atoms with Crippen LogP contribution in [0.25, 0.3) is 0 Å². The van der Waals surface area contributed by atoms with E-state index in [9.17, 15) is 9.59 Å². The number of nitrogens with zero attached hydrogens (tertiary/aromatic N) is 1. The largest absolute Gasteiger partial charge is 0.465 e. The third kappa shape index (κ3) is 3.64. The standard InChI is InChI=1S/C16H17N3O3/c1-10-13(18-9-12(8-17)16(21)22-2)4-3-5-14(10)19-15(20)11-6-7-11/h3-5,9,11,18H,6-7H2,1-2H3,(H,19,20)/b12-9-. The van der Waals surface area contributed by atoms with E-state index >= 15 is 0 Å². The summed E-state index contributed by atoms with van der Waals surface area (Å²) in [5.41, 5.74) is 2.11. The summed E-state index contributed by atoms with van der Waals surface area (Å²) in [6, 6.07) is 7.17. The number of carbonyl (C=O) groups excluding carboxylic acids is 2. The van der Waals surface area contributed by atoms with Crippen LogP contribution < -0.4 is 10.6 Å². The van der Waals surface area contributed by atoms with E-state index in [2.05, 4.69) is 15.4 Å². The van der Waals surface area contributed by atoms with Crippen LogP contribution in [0, 0.1) is 24.2 Å². The first kappa shape index (κ1) is 15.6. The molecule has 6 nitrogen and oxygen atoms in total. The quantitative estimate of drug-likeness (QED) is 0.494. The Kier molecular flexibility index (Phi) is 4.79. The zero-order valence-electron chi connectivity index (χ0n) is 12.5. The van der Waals surface area contributed by atoms with Crippen LogP contribution in [0.5, 0.6) is 0 Å². The van der Waals surface area contributed by atoms with Gasteiger partial charge in [-0.15, -0.1) is 0 Å². The predicted molar refractivity (Wildman–Crippen MR) is 81.9 cm³/mol. The number of hydrogen-bond donors (Lipinski definition) is 2. The first-order valence-corrected chi connectivity index (χ1v) is 6.92. The number of methoxy groups -OCH3 is 1. The zero-order valence-corrected chi connectivity index (χ0v) is 12.5. The summed E-state index contributed by atoms with van der Waals surface area (Å²) in [4.78, 5) is 23.2. The van der Waals surface area contributed by atoms with Crippen LogP contribution in [-0.2, 0) is 14.3 Å². The van der Waals surface area contributed by atoms with E-state index in [4.69, 9.17) is 5.26 Å². The van der Waals surface area contributed by atoms with Gasteiger partial charge in [-0.05, 0) is 37.5 Å². The van der Waals surface area contributed by atoms with Crippen molar-refractivity contribution in [3.05, 3.63) is 35.5 Å². The molecule has 0 aromatic heterocycles. The lowest BCUT2D eigenvalue weighted by Gasteiger charge is -2.12. The van der Waals surface area contributed by atoms with Gasteiger partial charge in [0.05, 0.1) is 7.11 Å². The van der Waals surface area contributed by atoms with Crippen LogP contribution in [0.4, 0.5) is 11.4 Å². The minimum absolute atomic E-state index is 0.0306. The Balaban J connectivity index is 2.14. The number of benzene rings is 1. The van der Waals surface area contributed by atoms with Gasteiger partial charge in [0.15, 0.2) is 5.57 Å². The maximum atomic E-state index is 11.8. The van der Waals surface area contributed by atoms with Gasteiger partial charge in [-0.1, -0.05) is 6.07 Å². The number of anilines is 2. The third-order valence-electron chi connectivity index (χ3n) is 3.44. The van der Waals surface area contributed by atoms with Gasteiger partial charge in [-0.25, -0.2) is 4.79 Å². The molecule has 1 amide bonds. The minimum atomic E-state index is -0.703. The second kappa shape index (κ2) is 6.76. The number of carbonyl (C=O) groups is 2. The van der Waals surface area contributed by atoms with Crippen LogP contribution >= 0.6 is 0 Å². The summed E-state index contributed by atoms with van der Waals surface area (Å²) in [7, 11) is 1.22. The van der Waals surface area contributed by atoms with Gasteiger partial charge in [0, 0.05) is 23.5 Å². The van der Waals surface area contributed by atoms with Crippen LogP contribution in [0.3, 0.4) is 0 Å². The summed E-state index contributed by atoms with van der Waals surface area (Å²) in [6.45, 7) is 1.85. The van der Waals surface area contributed by atoms with E-state index in [-0.39, 0.29) is 17.4 Å². The van der Waals surface area contributed by atoms with Crippen molar-refractivity contribution in [2.24, 2.45) is 5.92 Å². The molecule has 6 heteroatoms. The fourth-order valence-corrected chi connectivity index (χ4v) is 1.90. The number of esters is 1.